The van der Waals surface area contributed by atoms with E-state index in [1.54, 1.807) is 0 Å². The van der Waals surface area contributed by atoms with E-state index in [1.807, 2.05) is 39.0 Å². The number of carbonyl (C=O) groups excluding carboxylic acids is 1. The van der Waals surface area contributed by atoms with E-state index < -0.39 is 17.5 Å². The highest BCUT2D eigenvalue weighted by atomic mass is 19.4. The van der Waals surface area contributed by atoms with Gasteiger partial charge in [-0.05, 0) is 63.6 Å². The minimum atomic E-state index is -4.52. The van der Waals surface area contributed by atoms with E-state index in [-0.39, 0.29) is 17.8 Å². The maximum Gasteiger partial charge on any atom is 0.433 e. The number of fused-ring (bicyclic) bond motifs is 3. The predicted octanol–water partition coefficient (Wildman–Crippen LogP) is 5.99. The molecule has 5 rings (SSSR count). The maximum absolute atomic E-state index is 12.7. The molecule has 1 atom stereocenters. The first kappa shape index (κ1) is 23.1. The molecular weight excluding hydrogens is 461 g/mol. The summed E-state index contributed by atoms with van der Waals surface area (Å²) in [7, 11) is 0. The Morgan fingerprint density at radius 2 is 1.91 bits per heavy atom. The van der Waals surface area contributed by atoms with Crippen molar-refractivity contribution < 1.29 is 27.2 Å². The average Bonchev–Trinajstić information content (AvgIpc) is 3.48. The number of ether oxygens (including phenoxy) is 1. The van der Waals surface area contributed by atoms with Crippen molar-refractivity contribution in [3.63, 3.8) is 0 Å². The quantitative estimate of drug-likeness (QED) is 0.331. The van der Waals surface area contributed by atoms with Crippen molar-refractivity contribution in [2.24, 2.45) is 0 Å². The van der Waals surface area contributed by atoms with Gasteiger partial charge in [0, 0.05) is 40.8 Å². The first-order valence-electron chi connectivity index (χ1n) is 11.2. The standard InChI is InChI=1S/C25H23F3N4O3/c1-24(2,3)34-21(33)12-14-8-9-32-18-6-4-15(10-17(18)11-19(14)32)22-30-23(35-31-22)16-5-7-20(29-13-16)25(26,27)28/h4-7,10-11,13-14H,8-9,12H2,1-3H3. The summed E-state index contributed by atoms with van der Waals surface area (Å²) in [5.74, 6) is 0.278. The minimum Gasteiger partial charge on any atom is -0.460 e. The second-order valence-electron chi connectivity index (χ2n) is 9.62. The van der Waals surface area contributed by atoms with Gasteiger partial charge in [0.25, 0.3) is 5.89 Å². The van der Waals surface area contributed by atoms with Crippen LogP contribution in [0.25, 0.3) is 33.7 Å². The second kappa shape index (κ2) is 8.21. The number of halogens is 3. The van der Waals surface area contributed by atoms with Crippen LogP contribution in [0, 0.1) is 0 Å². The molecule has 4 heterocycles. The van der Waals surface area contributed by atoms with Crippen molar-refractivity contribution in [1.82, 2.24) is 19.7 Å². The summed E-state index contributed by atoms with van der Waals surface area (Å²) in [4.78, 5) is 20.1. The fraction of sp³-hybridized carbons (Fsp3) is 0.360. The molecule has 1 unspecified atom stereocenters. The molecule has 4 aromatic rings. The lowest BCUT2D eigenvalue weighted by atomic mass is 10.00. The lowest BCUT2D eigenvalue weighted by Crippen LogP contribution is -2.24. The second-order valence-corrected chi connectivity index (χ2v) is 9.62. The van der Waals surface area contributed by atoms with Crippen LogP contribution < -0.4 is 0 Å². The van der Waals surface area contributed by atoms with Crippen molar-refractivity contribution in [2.75, 3.05) is 0 Å². The van der Waals surface area contributed by atoms with Crippen LogP contribution in [-0.4, -0.2) is 31.3 Å². The van der Waals surface area contributed by atoms with E-state index in [9.17, 15) is 18.0 Å². The summed E-state index contributed by atoms with van der Waals surface area (Å²) in [6.07, 6.45) is -2.25. The molecule has 7 nitrogen and oxygen atoms in total. The fourth-order valence-corrected chi connectivity index (χ4v) is 4.39. The number of esters is 1. The van der Waals surface area contributed by atoms with Crippen LogP contribution in [0.4, 0.5) is 13.2 Å². The van der Waals surface area contributed by atoms with Gasteiger partial charge in [-0.25, -0.2) is 0 Å². The number of rotatable bonds is 4. The van der Waals surface area contributed by atoms with Crippen LogP contribution >= 0.6 is 0 Å². The van der Waals surface area contributed by atoms with E-state index in [0.717, 1.165) is 41.8 Å². The molecule has 0 spiro atoms. The van der Waals surface area contributed by atoms with Gasteiger partial charge in [-0.15, -0.1) is 0 Å². The molecule has 3 aromatic heterocycles. The molecule has 0 radical (unpaired) electrons. The van der Waals surface area contributed by atoms with Crippen molar-refractivity contribution >= 4 is 16.9 Å². The molecule has 0 saturated carbocycles. The SMILES string of the molecule is CC(C)(C)OC(=O)CC1CCn2c1cc1cc(-c3noc(-c4ccc(C(F)(F)F)nc4)n3)ccc12. The highest BCUT2D eigenvalue weighted by Gasteiger charge is 2.32. The van der Waals surface area contributed by atoms with Crippen molar-refractivity contribution in [3.8, 4) is 22.8 Å². The zero-order valence-electron chi connectivity index (χ0n) is 19.4. The molecule has 10 heteroatoms. The number of hydrogen-bond donors (Lipinski definition) is 0. The lowest BCUT2D eigenvalue weighted by molar-refractivity contribution is -0.155. The van der Waals surface area contributed by atoms with Gasteiger partial charge in [0.1, 0.15) is 11.3 Å². The number of aromatic nitrogens is 4. The number of pyridine rings is 1. The molecule has 0 fully saturated rings. The van der Waals surface area contributed by atoms with Crippen LogP contribution in [-0.2, 0) is 22.3 Å². The van der Waals surface area contributed by atoms with Crippen LogP contribution in [0.15, 0.2) is 47.1 Å². The van der Waals surface area contributed by atoms with Gasteiger partial charge < -0.3 is 13.8 Å². The first-order valence-corrected chi connectivity index (χ1v) is 11.2. The third-order valence-electron chi connectivity index (χ3n) is 5.87. The number of nitrogens with zero attached hydrogens (tertiary/aromatic N) is 4. The van der Waals surface area contributed by atoms with Gasteiger partial charge in [-0.1, -0.05) is 5.16 Å². The number of hydrogen-bond acceptors (Lipinski definition) is 6. The zero-order chi connectivity index (χ0) is 25.0. The molecule has 0 saturated heterocycles. The van der Waals surface area contributed by atoms with Gasteiger partial charge in [-0.2, -0.15) is 18.2 Å². The van der Waals surface area contributed by atoms with Crippen molar-refractivity contribution in [1.29, 1.82) is 0 Å². The fourth-order valence-electron chi connectivity index (χ4n) is 4.39. The van der Waals surface area contributed by atoms with Crippen molar-refractivity contribution in [2.45, 2.75) is 57.9 Å². The Balaban J connectivity index is 1.38. The summed E-state index contributed by atoms with van der Waals surface area (Å²) >= 11 is 0. The first-order chi connectivity index (χ1) is 16.5. The largest absolute Gasteiger partial charge is 0.460 e. The maximum atomic E-state index is 12.7. The summed E-state index contributed by atoms with van der Waals surface area (Å²) in [6, 6.07) is 9.98. The van der Waals surface area contributed by atoms with Gasteiger partial charge in [0.05, 0.1) is 12.0 Å². The number of aryl methyl sites for hydroxylation is 1. The van der Waals surface area contributed by atoms with Gasteiger partial charge in [0.2, 0.25) is 5.82 Å². The van der Waals surface area contributed by atoms with Crippen LogP contribution in [0.3, 0.4) is 0 Å². The third-order valence-corrected chi connectivity index (χ3v) is 5.87. The summed E-state index contributed by atoms with van der Waals surface area (Å²) in [6.45, 7) is 6.39. The normalized spacial score (nSPS) is 16.0. The Bertz CT molecular complexity index is 1400. The van der Waals surface area contributed by atoms with Crippen LogP contribution in [0.5, 0.6) is 0 Å². The number of alkyl halides is 3. The van der Waals surface area contributed by atoms with Crippen LogP contribution in [0.2, 0.25) is 0 Å². The molecular formula is C25H23F3N4O3. The monoisotopic (exact) mass is 484 g/mol. The van der Waals surface area contributed by atoms with E-state index in [2.05, 4.69) is 25.8 Å². The topological polar surface area (TPSA) is 83.0 Å². The van der Waals surface area contributed by atoms with Gasteiger partial charge >= 0.3 is 12.1 Å². The molecule has 1 aromatic carbocycles. The Morgan fingerprint density at radius 1 is 1.14 bits per heavy atom. The van der Waals surface area contributed by atoms with Gasteiger partial charge in [-0.3, -0.25) is 9.78 Å². The lowest BCUT2D eigenvalue weighted by Gasteiger charge is -2.20. The molecule has 0 aliphatic carbocycles. The zero-order valence-corrected chi connectivity index (χ0v) is 19.4. The smallest absolute Gasteiger partial charge is 0.433 e. The molecule has 1 aliphatic heterocycles. The minimum absolute atomic E-state index is 0.0816. The Morgan fingerprint density at radius 3 is 2.60 bits per heavy atom. The highest BCUT2D eigenvalue weighted by Crippen LogP contribution is 2.38. The Hall–Kier alpha value is -3.69. The molecule has 35 heavy (non-hydrogen) atoms. The Kier molecular flexibility index (Phi) is 5.41. The summed E-state index contributed by atoms with van der Waals surface area (Å²) < 4.78 is 51.2. The van der Waals surface area contributed by atoms with Crippen LogP contribution in [0.1, 0.15) is 50.9 Å². The third kappa shape index (κ3) is 4.65. The molecule has 0 amide bonds. The Labute approximate surface area is 198 Å². The predicted molar refractivity (Wildman–Crippen MR) is 121 cm³/mol. The number of carbonyl (C=O) groups is 1. The van der Waals surface area contributed by atoms with Crippen molar-refractivity contribution in [3.05, 3.63) is 54.0 Å². The number of benzene rings is 1. The summed E-state index contributed by atoms with van der Waals surface area (Å²) in [5, 5.41) is 4.97. The van der Waals surface area contributed by atoms with Gasteiger partial charge in [0.15, 0.2) is 0 Å². The average molecular weight is 484 g/mol. The highest BCUT2D eigenvalue weighted by molar-refractivity contribution is 5.86. The summed E-state index contributed by atoms with van der Waals surface area (Å²) in [5.41, 5.74) is 1.64. The molecule has 0 N–H and O–H groups in total. The van der Waals surface area contributed by atoms with E-state index in [1.165, 1.54) is 6.07 Å². The molecule has 182 valence electrons. The molecule has 0 bridgehead atoms. The molecule has 1 aliphatic rings. The van der Waals surface area contributed by atoms with E-state index >= 15 is 0 Å². The van der Waals surface area contributed by atoms with E-state index in [4.69, 9.17) is 9.26 Å². The van der Waals surface area contributed by atoms with E-state index in [0.29, 0.717) is 23.4 Å².